The zero-order valence-corrected chi connectivity index (χ0v) is 12.7. The summed E-state index contributed by atoms with van der Waals surface area (Å²) in [4.78, 5) is 23.1. The fourth-order valence-electron chi connectivity index (χ4n) is 1.38. The summed E-state index contributed by atoms with van der Waals surface area (Å²) in [6.07, 6.45) is 0.708. The minimum Gasteiger partial charge on any atom is -0.452 e. The molecule has 0 saturated carbocycles. The van der Waals surface area contributed by atoms with Gasteiger partial charge in [-0.3, -0.25) is 4.79 Å². The summed E-state index contributed by atoms with van der Waals surface area (Å²) >= 11 is 3.23. The minimum absolute atomic E-state index is 0.304. The SMILES string of the molecule is COCCCNC(=O)COC(=O)c1ccc(Br)c(N)c1. The number of amides is 1. The molecule has 0 aliphatic carbocycles. The predicted octanol–water partition coefficient (Wildman–Crippen LogP) is 1.34. The van der Waals surface area contributed by atoms with Crippen molar-refractivity contribution in [3.05, 3.63) is 28.2 Å². The van der Waals surface area contributed by atoms with Gasteiger partial charge in [-0.1, -0.05) is 0 Å². The first-order chi connectivity index (χ1) is 9.54. The molecule has 0 bridgehead atoms. The first-order valence-corrected chi connectivity index (χ1v) is 6.81. The second-order valence-corrected chi connectivity index (χ2v) is 4.86. The lowest BCUT2D eigenvalue weighted by molar-refractivity contribution is -0.124. The Hall–Kier alpha value is -1.60. The molecule has 1 aromatic rings. The summed E-state index contributed by atoms with van der Waals surface area (Å²) in [6.45, 7) is 0.732. The van der Waals surface area contributed by atoms with Gasteiger partial charge in [-0.25, -0.2) is 4.79 Å². The van der Waals surface area contributed by atoms with Gasteiger partial charge in [0, 0.05) is 30.4 Å². The van der Waals surface area contributed by atoms with E-state index < -0.39 is 5.97 Å². The molecule has 110 valence electrons. The van der Waals surface area contributed by atoms with Gasteiger partial charge in [-0.2, -0.15) is 0 Å². The fourth-order valence-corrected chi connectivity index (χ4v) is 1.63. The summed E-state index contributed by atoms with van der Waals surface area (Å²) in [6, 6.07) is 4.71. The molecule has 0 spiro atoms. The van der Waals surface area contributed by atoms with Crippen molar-refractivity contribution in [3.8, 4) is 0 Å². The zero-order valence-electron chi connectivity index (χ0n) is 11.1. The molecule has 0 atom stereocenters. The van der Waals surface area contributed by atoms with Gasteiger partial charge in [0.1, 0.15) is 0 Å². The number of anilines is 1. The molecule has 20 heavy (non-hydrogen) atoms. The van der Waals surface area contributed by atoms with Gasteiger partial charge in [-0.05, 0) is 40.5 Å². The van der Waals surface area contributed by atoms with Crippen LogP contribution in [0.4, 0.5) is 5.69 Å². The number of nitrogens with two attached hydrogens (primary N) is 1. The van der Waals surface area contributed by atoms with Crippen LogP contribution >= 0.6 is 15.9 Å². The third-order valence-corrected chi connectivity index (χ3v) is 3.14. The molecule has 0 saturated heterocycles. The molecule has 0 fully saturated rings. The summed E-state index contributed by atoms with van der Waals surface area (Å²) in [5, 5.41) is 2.62. The second kappa shape index (κ2) is 8.55. The number of ether oxygens (including phenoxy) is 2. The molecule has 0 aliphatic rings. The Labute approximate surface area is 125 Å². The van der Waals surface area contributed by atoms with Crippen molar-refractivity contribution < 1.29 is 19.1 Å². The molecule has 1 aromatic carbocycles. The zero-order chi connectivity index (χ0) is 15.0. The molecule has 1 rings (SSSR count). The highest BCUT2D eigenvalue weighted by Crippen LogP contribution is 2.20. The van der Waals surface area contributed by atoms with Crippen molar-refractivity contribution in [2.45, 2.75) is 6.42 Å². The Morgan fingerprint density at radius 3 is 2.80 bits per heavy atom. The number of carbonyl (C=O) groups is 2. The maximum Gasteiger partial charge on any atom is 0.338 e. The molecule has 3 N–H and O–H groups in total. The van der Waals surface area contributed by atoms with Crippen LogP contribution < -0.4 is 11.1 Å². The highest BCUT2D eigenvalue weighted by molar-refractivity contribution is 9.10. The van der Waals surface area contributed by atoms with Crippen molar-refractivity contribution >= 4 is 33.5 Å². The van der Waals surface area contributed by atoms with Crippen molar-refractivity contribution in [1.82, 2.24) is 5.32 Å². The number of rotatable bonds is 7. The molecule has 1 amide bonds. The molecule has 0 aliphatic heterocycles. The summed E-state index contributed by atoms with van der Waals surface area (Å²) < 4.78 is 10.4. The van der Waals surface area contributed by atoms with Crippen LogP contribution in [-0.2, 0) is 14.3 Å². The van der Waals surface area contributed by atoms with Crippen LogP contribution in [0.1, 0.15) is 16.8 Å². The van der Waals surface area contributed by atoms with Crippen molar-refractivity contribution in [1.29, 1.82) is 0 Å². The van der Waals surface area contributed by atoms with Crippen LogP contribution in [-0.4, -0.2) is 38.7 Å². The van der Waals surface area contributed by atoms with Gasteiger partial charge < -0.3 is 20.5 Å². The van der Waals surface area contributed by atoms with Gasteiger partial charge in [-0.15, -0.1) is 0 Å². The van der Waals surface area contributed by atoms with E-state index in [0.29, 0.717) is 35.3 Å². The van der Waals surface area contributed by atoms with E-state index in [4.69, 9.17) is 15.2 Å². The Morgan fingerprint density at radius 1 is 1.40 bits per heavy atom. The van der Waals surface area contributed by atoms with E-state index in [9.17, 15) is 9.59 Å². The lowest BCUT2D eigenvalue weighted by Crippen LogP contribution is -2.30. The van der Waals surface area contributed by atoms with Crippen LogP contribution in [0.15, 0.2) is 22.7 Å². The Bertz CT molecular complexity index is 479. The van der Waals surface area contributed by atoms with Crippen LogP contribution in [0.3, 0.4) is 0 Å². The number of nitrogen functional groups attached to an aromatic ring is 1. The standard InChI is InChI=1S/C13H17BrN2O4/c1-19-6-2-5-16-12(17)8-20-13(18)9-3-4-10(14)11(15)7-9/h3-4,7H,2,5-6,8,15H2,1H3,(H,16,17). The Kier molecular flexibility index (Phi) is 7.03. The average Bonchev–Trinajstić information content (AvgIpc) is 2.44. The van der Waals surface area contributed by atoms with Crippen molar-refractivity contribution in [3.63, 3.8) is 0 Å². The van der Waals surface area contributed by atoms with Gasteiger partial charge in [0.25, 0.3) is 5.91 Å². The predicted molar refractivity (Wildman–Crippen MR) is 78.3 cm³/mol. The second-order valence-electron chi connectivity index (χ2n) is 4.01. The molecule has 0 unspecified atom stereocenters. The number of benzene rings is 1. The van der Waals surface area contributed by atoms with E-state index >= 15 is 0 Å². The lowest BCUT2D eigenvalue weighted by atomic mass is 10.2. The van der Waals surface area contributed by atoms with Gasteiger partial charge in [0.15, 0.2) is 6.61 Å². The highest BCUT2D eigenvalue weighted by atomic mass is 79.9. The molecule has 0 aromatic heterocycles. The van der Waals surface area contributed by atoms with Gasteiger partial charge in [0.2, 0.25) is 0 Å². The normalized spacial score (nSPS) is 10.1. The van der Waals surface area contributed by atoms with E-state index in [1.165, 1.54) is 6.07 Å². The third-order valence-electron chi connectivity index (χ3n) is 2.41. The first kappa shape index (κ1) is 16.5. The third kappa shape index (κ3) is 5.58. The fraction of sp³-hybridized carbons (Fsp3) is 0.385. The number of carbonyl (C=O) groups excluding carboxylic acids is 2. The van der Waals surface area contributed by atoms with E-state index in [-0.39, 0.29) is 12.5 Å². The first-order valence-electron chi connectivity index (χ1n) is 6.02. The maximum absolute atomic E-state index is 11.7. The molecule has 0 heterocycles. The molecule has 0 radical (unpaired) electrons. The van der Waals surface area contributed by atoms with Crippen LogP contribution in [0, 0.1) is 0 Å². The number of hydrogen-bond donors (Lipinski definition) is 2. The van der Waals surface area contributed by atoms with Gasteiger partial charge in [0.05, 0.1) is 5.56 Å². The molecule has 7 heteroatoms. The number of esters is 1. The monoisotopic (exact) mass is 344 g/mol. The number of hydrogen-bond acceptors (Lipinski definition) is 5. The van der Waals surface area contributed by atoms with E-state index in [0.717, 1.165) is 0 Å². The maximum atomic E-state index is 11.7. The average molecular weight is 345 g/mol. The number of halogens is 1. The lowest BCUT2D eigenvalue weighted by Gasteiger charge is -2.07. The van der Waals surface area contributed by atoms with Gasteiger partial charge >= 0.3 is 5.97 Å². The Balaban J connectivity index is 2.35. The number of methoxy groups -OCH3 is 1. The van der Waals surface area contributed by atoms with Crippen LogP contribution in [0.25, 0.3) is 0 Å². The molecular weight excluding hydrogens is 328 g/mol. The summed E-state index contributed by atoms with van der Waals surface area (Å²) in [7, 11) is 1.59. The van der Waals surface area contributed by atoms with Crippen molar-refractivity contribution in [2.75, 3.05) is 32.6 Å². The smallest absolute Gasteiger partial charge is 0.338 e. The summed E-state index contributed by atoms with van der Waals surface area (Å²) in [5.74, 6) is -0.934. The minimum atomic E-state index is -0.587. The topological polar surface area (TPSA) is 90.6 Å². The summed E-state index contributed by atoms with van der Waals surface area (Å²) in [5.41, 5.74) is 6.40. The van der Waals surface area contributed by atoms with E-state index in [2.05, 4.69) is 21.2 Å². The molecule has 6 nitrogen and oxygen atoms in total. The molecular formula is C13H17BrN2O4. The van der Waals surface area contributed by atoms with Crippen LogP contribution in [0.2, 0.25) is 0 Å². The Morgan fingerprint density at radius 2 is 2.15 bits per heavy atom. The number of nitrogens with one attached hydrogen (secondary N) is 1. The van der Waals surface area contributed by atoms with Crippen molar-refractivity contribution in [2.24, 2.45) is 0 Å². The largest absolute Gasteiger partial charge is 0.452 e. The van der Waals surface area contributed by atoms with Crippen LogP contribution in [0.5, 0.6) is 0 Å². The van der Waals surface area contributed by atoms with E-state index in [1.54, 1.807) is 19.2 Å². The quantitative estimate of drug-likeness (QED) is 0.442. The highest BCUT2D eigenvalue weighted by Gasteiger charge is 2.11. The van der Waals surface area contributed by atoms with E-state index in [1.807, 2.05) is 0 Å².